The van der Waals surface area contributed by atoms with Crippen molar-refractivity contribution in [3.05, 3.63) is 30.9 Å². The molecule has 41 heavy (non-hydrogen) atoms. The molecular weight excluding hydrogens is 528 g/mol. The lowest BCUT2D eigenvalue weighted by Crippen LogP contribution is -2.33. The predicted octanol–water partition coefficient (Wildman–Crippen LogP) is 3.22. The molecular formula is C28H36N8O5. The molecule has 2 aliphatic rings. The van der Waals surface area contributed by atoms with E-state index >= 15 is 0 Å². The number of aliphatic hydroxyl groups is 2. The molecule has 1 aliphatic heterocycles. The van der Waals surface area contributed by atoms with E-state index in [1.807, 2.05) is 27.6 Å². The van der Waals surface area contributed by atoms with Crippen LogP contribution >= 0.6 is 0 Å². The molecule has 3 aromatic heterocycles. The summed E-state index contributed by atoms with van der Waals surface area (Å²) in [5, 5.41) is 28.9. The molecule has 218 valence electrons. The number of hydrogen-bond donors (Lipinski definition) is 3. The lowest BCUT2D eigenvalue weighted by atomic mass is 9.93. The normalized spacial score (nSPS) is 20.9. The quantitative estimate of drug-likeness (QED) is 0.276. The van der Waals surface area contributed by atoms with E-state index in [1.54, 1.807) is 33.9 Å². The Morgan fingerprint density at radius 2 is 1.76 bits per heavy atom. The van der Waals surface area contributed by atoms with Crippen molar-refractivity contribution in [1.29, 1.82) is 0 Å². The number of aromatic nitrogens is 6. The summed E-state index contributed by atoms with van der Waals surface area (Å²) < 4.78 is 20.3. The number of aliphatic hydroxyl groups excluding tert-OH is 2. The third-order valence-electron chi connectivity index (χ3n) is 8.08. The summed E-state index contributed by atoms with van der Waals surface area (Å²) in [7, 11) is 4.73. The summed E-state index contributed by atoms with van der Waals surface area (Å²) in [6, 6.07) is 3.82. The maximum Gasteiger partial charge on any atom is 0.229 e. The molecule has 0 radical (unpaired) electrons. The molecule has 1 saturated heterocycles. The fourth-order valence-corrected chi connectivity index (χ4v) is 5.86. The van der Waals surface area contributed by atoms with Gasteiger partial charge < -0.3 is 39.2 Å². The first-order chi connectivity index (χ1) is 20.0. The van der Waals surface area contributed by atoms with Gasteiger partial charge in [-0.3, -0.25) is 0 Å². The second kappa shape index (κ2) is 11.4. The molecule has 13 heteroatoms. The van der Waals surface area contributed by atoms with Gasteiger partial charge in [0.2, 0.25) is 11.7 Å². The summed E-state index contributed by atoms with van der Waals surface area (Å²) in [4.78, 5) is 16.5. The number of benzene rings is 1. The number of anilines is 3. The van der Waals surface area contributed by atoms with E-state index < -0.39 is 0 Å². The van der Waals surface area contributed by atoms with Crippen LogP contribution in [0.5, 0.6) is 17.2 Å². The van der Waals surface area contributed by atoms with E-state index in [9.17, 15) is 10.2 Å². The van der Waals surface area contributed by atoms with Crippen LogP contribution in [0.4, 0.5) is 17.6 Å². The van der Waals surface area contributed by atoms with Crippen LogP contribution in [-0.4, -0.2) is 86.1 Å². The van der Waals surface area contributed by atoms with Crippen LogP contribution in [0.25, 0.3) is 16.7 Å². The molecule has 1 aromatic carbocycles. The molecule has 4 aromatic rings. The molecule has 1 atom stereocenters. The van der Waals surface area contributed by atoms with Gasteiger partial charge in [-0.05, 0) is 38.5 Å². The van der Waals surface area contributed by atoms with Gasteiger partial charge in [0.15, 0.2) is 17.1 Å². The Bertz CT molecular complexity index is 1490. The van der Waals surface area contributed by atoms with Crippen molar-refractivity contribution in [1.82, 2.24) is 29.3 Å². The Hall–Kier alpha value is -4.10. The van der Waals surface area contributed by atoms with Gasteiger partial charge in [0.1, 0.15) is 18.0 Å². The van der Waals surface area contributed by atoms with Crippen molar-refractivity contribution in [2.75, 3.05) is 44.7 Å². The summed E-state index contributed by atoms with van der Waals surface area (Å²) in [6.07, 6.45) is 10.1. The van der Waals surface area contributed by atoms with Crippen molar-refractivity contribution in [3.63, 3.8) is 0 Å². The molecule has 2 fully saturated rings. The van der Waals surface area contributed by atoms with Crippen LogP contribution in [0.2, 0.25) is 0 Å². The SMILES string of the molecule is COc1cc(-n2cnc(Nc3nc(N4CCC[C@H]4CO)nc4c3cnn4[C@H]3CC[C@@H](O)CC3)c2)cc(OC)c1OC. The summed E-state index contributed by atoms with van der Waals surface area (Å²) in [5.41, 5.74) is 1.51. The number of methoxy groups -OCH3 is 3. The number of rotatable bonds is 9. The third kappa shape index (κ3) is 5.10. The smallest absolute Gasteiger partial charge is 0.229 e. The zero-order valence-electron chi connectivity index (χ0n) is 23.5. The van der Waals surface area contributed by atoms with Gasteiger partial charge in [0.05, 0.1) is 69.6 Å². The maximum absolute atomic E-state index is 10.0. The zero-order chi connectivity index (χ0) is 28.5. The van der Waals surface area contributed by atoms with Gasteiger partial charge in [-0.25, -0.2) is 9.67 Å². The van der Waals surface area contributed by atoms with Crippen molar-refractivity contribution in [3.8, 4) is 22.9 Å². The molecule has 6 rings (SSSR count). The van der Waals surface area contributed by atoms with Crippen molar-refractivity contribution >= 4 is 28.6 Å². The first-order valence-corrected chi connectivity index (χ1v) is 13.9. The van der Waals surface area contributed by atoms with Gasteiger partial charge in [-0.1, -0.05) is 0 Å². The van der Waals surface area contributed by atoms with Crippen LogP contribution in [0, 0.1) is 0 Å². The van der Waals surface area contributed by atoms with Crippen LogP contribution in [0.1, 0.15) is 44.6 Å². The van der Waals surface area contributed by atoms with Crippen LogP contribution in [-0.2, 0) is 0 Å². The van der Waals surface area contributed by atoms with Crippen LogP contribution < -0.4 is 24.4 Å². The average molecular weight is 565 g/mol. The molecule has 3 N–H and O–H groups in total. The Balaban J connectivity index is 1.37. The number of ether oxygens (including phenoxy) is 3. The zero-order valence-corrected chi connectivity index (χ0v) is 23.5. The van der Waals surface area contributed by atoms with Gasteiger partial charge in [-0.2, -0.15) is 15.1 Å². The van der Waals surface area contributed by atoms with Gasteiger partial charge in [0, 0.05) is 18.7 Å². The van der Waals surface area contributed by atoms with Crippen molar-refractivity contribution in [2.45, 2.75) is 56.7 Å². The van der Waals surface area contributed by atoms with Gasteiger partial charge in [-0.15, -0.1) is 0 Å². The predicted molar refractivity (Wildman–Crippen MR) is 153 cm³/mol. The van der Waals surface area contributed by atoms with Crippen molar-refractivity contribution in [2.24, 2.45) is 0 Å². The molecule has 0 bridgehead atoms. The highest BCUT2D eigenvalue weighted by molar-refractivity contribution is 5.89. The van der Waals surface area contributed by atoms with Crippen LogP contribution in [0.15, 0.2) is 30.9 Å². The maximum atomic E-state index is 10.0. The Morgan fingerprint density at radius 3 is 2.44 bits per heavy atom. The minimum Gasteiger partial charge on any atom is -0.493 e. The van der Waals surface area contributed by atoms with E-state index in [4.69, 9.17) is 29.3 Å². The largest absolute Gasteiger partial charge is 0.493 e. The second-order valence-corrected chi connectivity index (χ2v) is 10.5. The second-order valence-electron chi connectivity index (χ2n) is 10.5. The number of hydrogen-bond acceptors (Lipinski definition) is 11. The fraction of sp³-hybridized carbons (Fsp3) is 0.500. The molecule has 0 unspecified atom stereocenters. The van der Waals surface area contributed by atoms with Gasteiger partial charge in [0.25, 0.3) is 0 Å². The molecule has 0 spiro atoms. The first-order valence-electron chi connectivity index (χ1n) is 13.9. The third-order valence-corrected chi connectivity index (χ3v) is 8.08. The summed E-state index contributed by atoms with van der Waals surface area (Å²) >= 11 is 0. The Morgan fingerprint density at radius 1 is 1.00 bits per heavy atom. The molecule has 0 amide bonds. The minimum atomic E-state index is -0.258. The lowest BCUT2D eigenvalue weighted by molar-refractivity contribution is 0.109. The average Bonchev–Trinajstić information content (AvgIpc) is 3.76. The molecule has 13 nitrogen and oxygen atoms in total. The fourth-order valence-electron chi connectivity index (χ4n) is 5.86. The van der Waals surface area contributed by atoms with E-state index in [0.717, 1.165) is 61.8 Å². The van der Waals surface area contributed by atoms with E-state index in [1.165, 1.54) is 0 Å². The van der Waals surface area contributed by atoms with Crippen LogP contribution in [0.3, 0.4) is 0 Å². The number of imidazole rings is 1. The molecule has 1 saturated carbocycles. The highest BCUT2D eigenvalue weighted by atomic mass is 16.5. The Kier molecular flexibility index (Phi) is 7.54. The topological polar surface area (TPSA) is 145 Å². The minimum absolute atomic E-state index is 0.0271. The number of nitrogens with one attached hydrogen (secondary N) is 1. The lowest BCUT2D eigenvalue weighted by Gasteiger charge is -2.27. The number of nitrogens with zero attached hydrogens (tertiary/aromatic N) is 7. The molecule has 1 aliphatic carbocycles. The highest BCUT2D eigenvalue weighted by Gasteiger charge is 2.29. The number of fused-ring (bicyclic) bond motifs is 1. The van der Waals surface area contributed by atoms with Crippen molar-refractivity contribution < 1.29 is 24.4 Å². The summed E-state index contributed by atoms with van der Waals surface area (Å²) in [6.45, 7) is 0.818. The molecule has 4 heterocycles. The van der Waals surface area contributed by atoms with E-state index in [2.05, 4.69) is 15.2 Å². The monoisotopic (exact) mass is 564 g/mol. The van der Waals surface area contributed by atoms with Gasteiger partial charge >= 0.3 is 0 Å². The summed E-state index contributed by atoms with van der Waals surface area (Å²) in [5.74, 6) is 3.32. The van der Waals surface area contributed by atoms with E-state index in [0.29, 0.717) is 34.8 Å². The first kappa shape index (κ1) is 27.1. The van der Waals surface area contributed by atoms with E-state index in [-0.39, 0.29) is 24.8 Å². The highest BCUT2D eigenvalue weighted by Crippen LogP contribution is 2.40. The standard InChI is InChI=1S/C28H36N8O5/c1-39-22-11-19(12-23(40-2)25(22)41-3)34-14-24(29-16-34)31-26-21-13-30-36(17-6-8-20(38)9-7-17)27(21)33-28(32-26)35-10-4-5-18(35)15-37/h11-14,16-18,20,37-38H,4-10,15H2,1-3H3,(H,31,32,33)/t17-,18-,20+/m0/s1. The Labute approximate surface area is 237 Å².